The van der Waals surface area contributed by atoms with E-state index in [9.17, 15) is 4.79 Å². The summed E-state index contributed by atoms with van der Waals surface area (Å²) in [6.45, 7) is 2.06. The van der Waals surface area contributed by atoms with E-state index in [1.165, 1.54) is 29.4 Å². The minimum Gasteiger partial charge on any atom is -0.459 e. The number of nitrogens with one attached hydrogen (secondary N) is 1. The fraction of sp³-hybridized carbons (Fsp3) is 0.250. The van der Waals surface area contributed by atoms with Crippen molar-refractivity contribution in [2.45, 2.75) is 17.8 Å². The van der Waals surface area contributed by atoms with Crippen molar-refractivity contribution in [1.82, 2.24) is 25.7 Å². The molecule has 10 heteroatoms. The molecule has 0 saturated carbocycles. The summed E-state index contributed by atoms with van der Waals surface area (Å²) < 4.78 is 11.0. The summed E-state index contributed by atoms with van der Waals surface area (Å²) in [6.07, 6.45) is 1.52. The second-order valence-corrected chi connectivity index (χ2v) is 6.55. The third-order valence-electron chi connectivity index (χ3n) is 2.48. The average Bonchev–Trinajstić information content (AvgIpc) is 3.23. The largest absolute Gasteiger partial charge is 0.459 e. The predicted octanol–water partition coefficient (Wildman–Crippen LogP) is 1.90. The zero-order chi connectivity index (χ0) is 15.4. The molecule has 114 valence electrons. The summed E-state index contributed by atoms with van der Waals surface area (Å²) in [4.78, 5) is 15.9. The molecule has 0 unspecified atom stereocenters. The number of carbonyl (C=O) groups excluding carboxylic acids is 1. The van der Waals surface area contributed by atoms with E-state index in [0.717, 1.165) is 9.35 Å². The van der Waals surface area contributed by atoms with Gasteiger partial charge in [0, 0.05) is 0 Å². The van der Waals surface area contributed by atoms with Crippen LogP contribution in [0.1, 0.15) is 10.8 Å². The van der Waals surface area contributed by atoms with Gasteiger partial charge in [0.15, 0.2) is 15.9 Å². The maximum absolute atomic E-state index is 11.8. The molecule has 0 aliphatic heterocycles. The van der Waals surface area contributed by atoms with Crippen molar-refractivity contribution in [3.63, 3.8) is 0 Å². The molecule has 3 aromatic heterocycles. The number of amides is 1. The highest BCUT2D eigenvalue weighted by Crippen LogP contribution is 2.21. The summed E-state index contributed by atoms with van der Waals surface area (Å²) in [5.41, 5.74) is 0. The standard InChI is InChI=1S/C12H11N5O3S2/c1-7-15-16-12(22-7)21-6-10(18)13-5-9-14-11(20-17-9)8-3-2-4-19-8/h2-4H,5-6H2,1H3,(H,13,18). The summed E-state index contributed by atoms with van der Waals surface area (Å²) in [6, 6.07) is 3.45. The number of nitrogens with zero attached hydrogens (tertiary/aromatic N) is 4. The predicted molar refractivity (Wildman–Crippen MR) is 79.2 cm³/mol. The zero-order valence-corrected chi connectivity index (χ0v) is 13.1. The molecule has 22 heavy (non-hydrogen) atoms. The van der Waals surface area contributed by atoms with Gasteiger partial charge in [0.2, 0.25) is 5.91 Å². The van der Waals surface area contributed by atoms with Gasteiger partial charge in [0.05, 0.1) is 18.6 Å². The maximum Gasteiger partial charge on any atom is 0.293 e. The van der Waals surface area contributed by atoms with Crippen molar-refractivity contribution < 1.29 is 13.7 Å². The van der Waals surface area contributed by atoms with Crippen LogP contribution in [0.2, 0.25) is 0 Å². The molecule has 0 aromatic carbocycles. The lowest BCUT2D eigenvalue weighted by Gasteiger charge is -1.99. The first-order valence-electron chi connectivity index (χ1n) is 6.27. The average molecular weight is 337 g/mol. The van der Waals surface area contributed by atoms with Crippen LogP contribution in [-0.4, -0.2) is 32.0 Å². The normalized spacial score (nSPS) is 10.8. The van der Waals surface area contributed by atoms with E-state index in [1.807, 2.05) is 6.92 Å². The molecule has 1 N–H and O–H groups in total. The van der Waals surface area contributed by atoms with Crippen LogP contribution in [0.15, 0.2) is 31.7 Å². The molecule has 8 nitrogen and oxygen atoms in total. The number of carbonyl (C=O) groups is 1. The molecule has 3 aromatic rings. The fourth-order valence-corrected chi connectivity index (χ4v) is 3.16. The maximum atomic E-state index is 11.8. The van der Waals surface area contributed by atoms with Gasteiger partial charge in [-0.15, -0.1) is 10.2 Å². The Bertz CT molecular complexity index is 753. The van der Waals surface area contributed by atoms with Crippen LogP contribution >= 0.6 is 23.1 Å². The Balaban J connectivity index is 1.47. The molecule has 0 atom stereocenters. The number of thioether (sulfide) groups is 1. The van der Waals surface area contributed by atoms with E-state index in [4.69, 9.17) is 8.94 Å². The first-order chi connectivity index (χ1) is 10.7. The van der Waals surface area contributed by atoms with E-state index in [1.54, 1.807) is 12.1 Å². The molecule has 3 rings (SSSR count). The van der Waals surface area contributed by atoms with E-state index < -0.39 is 0 Å². The van der Waals surface area contributed by atoms with Gasteiger partial charge in [-0.1, -0.05) is 28.3 Å². The van der Waals surface area contributed by atoms with E-state index >= 15 is 0 Å². The lowest BCUT2D eigenvalue weighted by Crippen LogP contribution is -2.25. The van der Waals surface area contributed by atoms with Gasteiger partial charge in [0.25, 0.3) is 5.89 Å². The summed E-state index contributed by atoms with van der Waals surface area (Å²) in [5.74, 6) is 1.29. The van der Waals surface area contributed by atoms with Gasteiger partial charge in [-0.3, -0.25) is 4.79 Å². The van der Waals surface area contributed by atoms with Crippen LogP contribution < -0.4 is 5.32 Å². The van der Waals surface area contributed by atoms with Crippen molar-refractivity contribution >= 4 is 29.0 Å². The highest BCUT2D eigenvalue weighted by molar-refractivity contribution is 8.01. The van der Waals surface area contributed by atoms with Crippen LogP contribution in [0, 0.1) is 6.92 Å². The zero-order valence-electron chi connectivity index (χ0n) is 11.5. The van der Waals surface area contributed by atoms with Crippen molar-refractivity contribution in [1.29, 1.82) is 0 Å². The summed E-state index contributed by atoms with van der Waals surface area (Å²) in [5, 5.41) is 15.2. The third kappa shape index (κ3) is 3.71. The van der Waals surface area contributed by atoms with Gasteiger partial charge in [0.1, 0.15) is 5.01 Å². The van der Waals surface area contributed by atoms with Gasteiger partial charge >= 0.3 is 0 Å². The molecule has 0 bridgehead atoms. The molecule has 0 radical (unpaired) electrons. The molecule has 0 aliphatic carbocycles. The SMILES string of the molecule is Cc1nnc(SCC(=O)NCc2noc(-c3ccco3)n2)s1. The minimum atomic E-state index is -0.137. The first kappa shape index (κ1) is 14.7. The van der Waals surface area contributed by atoms with E-state index in [0.29, 0.717) is 11.6 Å². The molecule has 0 aliphatic rings. The van der Waals surface area contributed by atoms with Gasteiger partial charge in [-0.25, -0.2) is 0 Å². The Morgan fingerprint density at radius 2 is 2.36 bits per heavy atom. The van der Waals surface area contributed by atoms with Gasteiger partial charge in [-0.05, 0) is 19.1 Å². The Labute approximate surface area is 133 Å². The van der Waals surface area contributed by atoms with Crippen LogP contribution in [0.4, 0.5) is 0 Å². The highest BCUT2D eigenvalue weighted by atomic mass is 32.2. The number of hydrogen-bond donors (Lipinski definition) is 1. The van der Waals surface area contributed by atoms with Crippen LogP contribution in [0.3, 0.4) is 0 Å². The Morgan fingerprint density at radius 3 is 3.09 bits per heavy atom. The van der Waals surface area contributed by atoms with Crippen molar-refractivity contribution in [3.05, 3.63) is 29.2 Å². The third-order valence-corrected chi connectivity index (χ3v) is 4.45. The fourth-order valence-electron chi connectivity index (χ4n) is 1.52. The van der Waals surface area contributed by atoms with Crippen molar-refractivity contribution in [2.24, 2.45) is 0 Å². The topological polar surface area (TPSA) is 107 Å². The highest BCUT2D eigenvalue weighted by Gasteiger charge is 2.12. The summed E-state index contributed by atoms with van der Waals surface area (Å²) in [7, 11) is 0. The number of aromatic nitrogens is 4. The Hall–Kier alpha value is -2.20. The molecular weight excluding hydrogens is 326 g/mol. The lowest BCUT2D eigenvalue weighted by atomic mass is 10.4. The number of rotatable bonds is 6. The smallest absolute Gasteiger partial charge is 0.293 e. The molecule has 0 saturated heterocycles. The van der Waals surface area contributed by atoms with Gasteiger partial charge < -0.3 is 14.3 Å². The van der Waals surface area contributed by atoms with E-state index in [-0.39, 0.29) is 24.1 Å². The van der Waals surface area contributed by atoms with Crippen molar-refractivity contribution in [2.75, 3.05) is 5.75 Å². The first-order valence-corrected chi connectivity index (χ1v) is 8.07. The van der Waals surface area contributed by atoms with Crippen LogP contribution in [0.5, 0.6) is 0 Å². The van der Waals surface area contributed by atoms with Crippen LogP contribution in [-0.2, 0) is 11.3 Å². The molecular formula is C12H11N5O3S2. The second-order valence-electron chi connectivity index (χ2n) is 4.15. The quantitative estimate of drug-likeness (QED) is 0.680. The number of furan rings is 1. The molecule has 1 amide bonds. The molecule has 3 heterocycles. The van der Waals surface area contributed by atoms with Gasteiger partial charge in [-0.2, -0.15) is 4.98 Å². The Morgan fingerprint density at radius 1 is 1.45 bits per heavy atom. The second kappa shape index (κ2) is 6.71. The molecule has 0 spiro atoms. The molecule has 0 fully saturated rings. The Kier molecular flexibility index (Phi) is 4.49. The summed E-state index contributed by atoms with van der Waals surface area (Å²) >= 11 is 2.80. The van der Waals surface area contributed by atoms with Crippen molar-refractivity contribution in [3.8, 4) is 11.7 Å². The lowest BCUT2D eigenvalue weighted by molar-refractivity contribution is -0.118. The van der Waals surface area contributed by atoms with E-state index in [2.05, 4.69) is 25.7 Å². The number of aryl methyl sites for hydroxylation is 1. The monoisotopic (exact) mass is 337 g/mol. The number of hydrogen-bond acceptors (Lipinski definition) is 9. The van der Waals surface area contributed by atoms with Crippen LogP contribution in [0.25, 0.3) is 11.7 Å². The minimum absolute atomic E-state index is 0.137.